The van der Waals surface area contributed by atoms with Gasteiger partial charge in [0.15, 0.2) is 5.82 Å². The van der Waals surface area contributed by atoms with Crippen LogP contribution < -0.4 is 5.32 Å². The van der Waals surface area contributed by atoms with Crippen molar-refractivity contribution in [1.82, 2.24) is 10.1 Å². The number of hydrogen-bond donors (Lipinski definition) is 1. The Kier molecular flexibility index (Phi) is 3.68. The first kappa shape index (κ1) is 14.2. The molecule has 5 nitrogen and oxygen atoms in total. The molecule has 4 aliphatic rings. The molecule has 4 fully saturated rings. The Balaban J connectivity index is 1.32. The van der Waals surface area contributed by atoms with E-state index >= 15 is 0 Å². The zero-order chi connectivity index (χ0) is 15.1. The summed E-state index contributed by atoms with van der Waals surface area (Å²) in [6.07, 6.45) is 7.58. The second-order valence-corrected chi connectivity index (χ2v) is 7.55. The van der Waals surface area contributed by atoms with E-state index in [0.717, 1.165) is 36.1 Å². The van der Waals surface area contributed by atoms with Crippen LogP contribution in [0, 0.1) is 24.7 Å². The van der Waals surface area contributed by atoms with Gasteiger partial charge < -0.3 is 9.84 Å². The number of fused-ring (bicyclic) bond motifs is 1. The number of amides is 1. The second-order valence-electron chi connectivity index (χ2n) is 7.55. The molecule has 120 valence electrons. The van der Waals surface area contributed by atoms with Crippen LogP contribution in [0.1, 0.15) is 44.3 Å². The van der Waals surface area contributed by atoms with Crippen molar-refractivity contribution in [2.75, 3.05) is 18.4 Å². The van der Waals surface area contributed by atoms with Crippen LogP contribution in [0.5, 0.6) is 0 Å². The van der Waals surface area contributed by atoms with E-state index in [1.807, 2.05) is 6.92 Å². The molecule has 5 heteroatoms. The van der Waals surface area contributed by atoms with Gasteiger partial charge in [-0.2, -0.15) is 0 Å². The lowest BCUT2D eigenvalue weighted by atomic mass is 9.68. The highest BCUT2D eigenvalue weighted by Gasteiger charge is 2.42. The summed E-state index contributed by atoms with van der Waals surface area (Å²) in [6, 6.07) is 2.48. The summed E-state index contributed by atoms with van der Waals surface area (Å²) < 4.78 is 4.97. The van der Waals surface area contributed by atoms with Crippen LogP contribution in [-0.2, 0) is 4.79 Å². The SMILES string of the molecule is Cc1cc(NC(=O)CCN2CC3CC4CC(C3)CC2C4)no1. The standard InChI is InChI=1S/C17H25N3O2/c1-11-4-16(19-22-11)18-17(21)2-3-20-10-14-6-12-5-13(7-14)9-15(20)8-12/h4,12-15H,2-3,5-10H2,1H3,(H,18,19,21). The van der Waals surface area contributed by atoms with Crippen molar-refractivity contribution >= 4 is 11.7 Å². The zero-order valence-electron chi connectivity index (χ0n) is 13.3. The van der Waals surface area contributed by atoms with Gasteiger partial charge in [0.2, 0.25) is 5.91 Å². The third-order valence-corrected chi connectivity index (χ3v) is 5.74. The van der Waals surface area contributed by atoms with E-state index in [1.54, 1.807) is 6.07 Å². The molecular formula is C17H25N3O2. The molecule has 4 bridgehead atoms. The molecular weight excluding hydrogens is 278 g/mol. The summed E-state index contributed by atoms with van der Waals surface area (Å²) in [4.78, 5) is 14.7. The van der Waals surface area contributed by atoms with E-state index in [0.29, 0.717) is 12.2 Å². The Morgan fingerprint density at radius 3 is 2.68 bits per heavy atom. The fraction of sp³-hybridized carbons (Fsp3) is 0.765. The molecule has 1 aromatic heterocycles. The van der Waals surface area contributed by atoms with Crippen LogP contribution in [0.4, 0.5) is 5.82 Å². The molecule has 2 aliphatic carbocycles. The highest BCUT2D eigenvalue weighted by atomic mass is 16.5. The van der Waals surface area contributed by atoms with Crippen molar-refractivity contribution in [3.8, 4) is 0 Å². The average molecular weight is 303 g/mol. The molecule has 2 atom stereocenters. The average Bonchev–Trinajstić information content (AvgIpc) is 2.77. The number of nitrogens with zero attached hydrogens (tertiary/aromatic N) is 2. The van der Waals surface area contributed by atoms with E-state index in [2.05, 4.69) is 15.4 Å². The van der Waals surface area contributed by atoms with Crippen LogP contribution in [0.15, 0.2) is 10.6 Å². The summed E-state index contributed by atoms with van der Waals surface area (Å²) in [5.41, 5.74) is 0. The van der Waals surface area contributed by atoms with Crippen LogP contribution in [-0.4, -0.2) is 35.1 Å². The van der Waals surface area contributed by atoms with Crippen molar-refractivity contribution in [3.63, 3.8) is 0 Å². The topological polar surface area (TPSA) is 58.4 Å². The Hall–Kier alpha value is -1.36. The van der Waals surface area contributed by atoms with Gasteiger partial charge in [-0.1, -0.05) is 5.16 Å². The Labute approximate surface area is 131 Å². The number of aryl methyl sites for hydroxylation is 1. The lowest BCUT2D eigenvalue weighted by molar-refractivity contribution is -0.116. The minimum atomic E-state index is 0.0391. The van der Waals surface area contributed by atoms with Crippen molar-refractivity contribution in [1.29, 1.82) is 0 Å². The van der Waals surface area contributed by atoms with Gasteiger partial charge >= 0.3 is 0 Å². The van der Waals surface area contributed by atoms with Gasteiger partial charge in [0.1, 0.15) is 5.76 Å². The van der Waals surface area contributed by atoms with Crippen LogP contribution in [0.3, 0.4) is 0 Å². The number of hydrogen-bond acceptors (Lipinski definition) is 4. The maximum Gasteiger partial charge on any atom is 0.226 e. The first-order chi connectivity index (χ1) is 10.7. The third kappa shape index (κ3) is 2.91. The molecule has 3 heterocycles. The van der Waals surface area contributed by atoms with Gasteiger partial charge in [-0.3, -0.25) is 9.69 Å². The molecule has 1 aromatic rings. The van der Waals surface area contributed by atoms with Gasteiger partial charge in [0.25, 0.3) is 0 Å². The molecule has 2 saturated heterocycles. The maximum absolute atomic E-state index is 12.1. The quantitative estimate of drug-likeness (QED) is 0.929. The zero-order valence-corrected chi connectivity index (χ0v) is 13.3. The molecule has 1 N–H and O–H groups in total. The van der Waals surface area contributed by atoms with Crippen LogP contribution in [0.2, 0.25) is 0 Å². The molecule has 5 rings (SSSR count). The fourth-order valence-corrected chi connectivity index (χ4v) is 5.03. The largest absolute Gasteiger partial charge is 0.360 e. The number of aromatic nitrogens is 1. The predicted molar refractivity (Wildman–Crippen MR) is 83.4 cm³/mol. The second kappa shape index (κ2) is 5.69. The van der Waals surface area contributed by atoms with Crippen molar-refractivity contribution in [3.05, 3.63) is 11.8 Å². The molecule has 2 unspecified atom stereocenters. The molecule has 2 saturated carbocycles. The van der Waals surface area contributed by atoms with Crippen molar-refractivity contribution < 1.29 is 9.32 Å². The summed E-state index contributed by atoms with van der Waals surface area (Å²) in [6.45, 7) is 3.91. The number of anilines is 1. The van der Waals surface area contributed by atoms with E-state index in [4.69, 9.17) is 4.52 Å². The number of carbonyl (C=O) groups is 1. The lowest BCUT2D eigenvalue weighted by Crippen LogP contribution is -2.39. The molecule has 0 spiro atoms. The van der Waals surface area contributed by atoms with Crippen molar-refractivity contribution in [2.45, 2.75) is 51.5 Å². The lowest BCUT2D eigenvalue weighted by Gasteiger charge is -2.39. The van der Waals surface area contributed by atoms with Gasteiger partial charge in [-0.15, -0.1) is 0 Å². The molecule has 2 aliphatic heterocycles. The normalized spacial score (nSPS) is 33.9. The van der Waals surface area contributed by atoms with Crippen LogP contribution in [0.25, 0.3) is 0 Å². The molecule has 0 radical (unpaired) electrons. The predicted octanol–water partition coefficient (Wildman–Crippen LogP) is 2.82. The first-order valence-corrected chi connectivity index (χ1v) is 8.63. The van der Waals surface area contributed by atoms with E-state index in [9.17, 15) is 4.79 Å². The minimum absolute atomic E-state index is 0.0391. The number of nitrogens with one attached hydrogen (secondary N) is 1. The fourth-order valence-electron chi connectivity index (χ4n) is 5.03. The summed E-state index contributed by atoms with van der Waals surface area (Å²) >= 11 is 0. The van der Waals surface area contributed by atoms with Crippen LogP contribution >= 0.6 is 0 Å². The molecule has 1 amide bonds. The smallest absolute Gasteiger partial charge is 0.226 e. The van der Waals surface area contributed by atoms with Gasteiger partial charge in [0, 0.05) is 31.6 Å². The Morgan fingerprint density at radius 1 is 1.27 bits per heavy atom. The first-order valence-electron chi connectivity index (χ1n) is 8.63. The minimum Gasteiger partial charge on any atom is -0.360 e. The van der Waals surface area contributed by atoms with E-state index < -0.39 is 0 Å². The highest BCUT2D eigenvalue weighted by Crippen LogP contribution is 2.47. The Bertz CT molecular complexity index is 542. The molecule has 0 aromatic carbocycles. The summed E-state index contributed by atoms with van der Waals surface area (Å²) in [7, 11) is 0. The van der Waals surface area contributed by atoms with Gasteiger partial charge in [0.05, 0.1) is 0 Å². The number of rotatable bonds is 4. The van der Waals surface area contributed by atoms with E-state index in [-0.39, 0.29) is 5.91 Å². The third-order valence-electron chi connectivity index (χ3n) is 5.74. The maximum atomic E-state index is 12.1. The van der Waals surface area contributed by atoms with Gasteiger partial charge in [-0.05, 0) is 56.8 Å². The monoisotopic (exact) mass is 303 g/mol. The molecule has 22 heavy (non-hydrogen) atoms. The summed E-state index contributed by atoms with van der Waals surface area (Å²) in [5, 5.41) is 6.64. The number of carbonyl (C=O) groups excluding carboxylic acids is 1. The Morgan fingerprint density at radius 2 is 2.00 bits per heavy atom. The highest BCUT2D eigenvalue weighted by molar-refractivity contribution is 5.89. The van der Waals surface area contributed by atoms with Gasteiger partial charge in [-0.25, -0.2) is 0 Å². The van der Waals surface area contributed by atoms with E-state index in [1.165, 1.54) is 38.6 Å². The summed E-state index contributed by atoms with van der Waals surface area (Å²) in [5.74, 6) is 4.07. The van der Waals surface area contributed by atoms with Crippen molar-refractivity contribution in [2.24, 2.45) is 17.8 Å².